The number of ether oxygens (including phenoxy) is 2. The van der Waals surface area contributed by atoms with Gasteiger partial charge in [0.15, 0.2) is 6.61 Å². The SMILES string of the molecule is COC(=O)COc1ccc(-c2ccc3cc(C(=O)O)ccc3c2)cc1C12CC3CC(CC(C3)C1)C2. The summed E-state index contributed by atoms with van der Waals surface area (Å²) < 4.78 is 10.9. The van der Waals surface area contributed by atoms with Crippen LogP contribution in [-0.4, -0.2) is 30.8 Å². The second kappa shape index (κ2) is 8.40. The predicted molar refractivity (Wildman–Crippen MR) is 134 cm³/mol. The highest BCUT2D eigenvalue weighted by Gasteiger charge is 2.52. The lowest BCUT2D eigenvalue weighted by molar-refractivity contribution is -0.143. The average Bonchev–Trinajstić information content (AvgIpc) is 2.85. The molecule has 0 spiro atoms. The number of hydrogen-bond donors (Lipinski definition) is 1. The van der Waals surface area contributed by atoms with Crippen molar-refractivity contribution in [2.45, 2.75) is 43.9 Å². The van der Waals surface area contributed by atoms with Crippen LogP contribution in [0, 0.1) is 17.8 Å². The first-order valence-electron chi connectivity index (χ1n) is 12.5. The van der Waals surface area contributed by atoms with Crippen LogP contribution in [-0.2, 0) is 14.9 Å². The van der Waals surface area contributed by atoms with Crippen LogP contribution in [0.15, 0.2) is 54.6 Å². The summed E-state index contributed by atoms with van der Waals surface area (Å²) in [5, 5.41) is 11.2. The third kappa shape index (κ3) is 3.97. The molecule has 0 unspecified atom stereocenters. The number of carbonyl (C=O) groups is 2. The van der Waals surface area contributed by atoms with Crippen molar-refractivity contribution in [2.24, 2.45) is 17.8 Å². The third-order valence-corrected chi connectivity index (χ3v) is 8.58. The Balaban J connectivity index is 1.41. The van der Waals surface area contributed by atoms with Crippen molar-refractivity contribution in [3.63, 3.8) is 0 Å². The first-order valence-corrected chi connectivity index (χ1v) is 12.5. The number of hydrogen-bond acceptors (Lipinski definition) is 4. The summed E-state index contributed by atoms with van der Waals surface area (Å²) in [4.78, 5) is 23.2. The fourth-order valence-electron chi connectivity index (χ4n) is 7.44. The van der Waals surface area contributed by atoms with Gasteiger partial charge in [0, 0.05) is 5.56 Å². The highest BCUT2D eigenvalue weighted by atomic mass is 16.6. The third-order valence-electron chi connectivity index (χ3n) is 8.58. The van der Waals surface area contributed by atoms with Crippen molar-refractivity contribution < 1.29 is 24.2 Å². The summed E-state index contributed by atoms with van der Waals surface area (Å²) in [7, 11) is 1.38. The van der Waals surface area contributed by atoms with Gasteiger partial charge in [-0.15, -0.1) is 0 Å². The van der Waals surface area contributed by atoms with E-state index < -0.39 is 5.97 Å². The van der Waals surface area contributed by atoms with E-state index in [-0.39, 0.29) is 18.0 Å². The minimum absolute atomic E-state index is 0.0862. The van der Waals surface area contributed by atoms with E-state index in [1.54, 1.807) is 12.1 Å². The van der Waals surface area contributed by atoms with Crippen molar-refractivity contribution in [1.82, 2.24) is 0 Å². The molecule has 4 bridgehead atoms. The maximum Gasteiger partial charge on any atom is 0.343 e. The van der Waals surface area contributed by atoms with Crippen LogP contribution in [0.25, 0.3) is 21.9 Å². The van der Waals surface area contributed by atoms with Gasteiger partial charge in [0.05, 0.1) is 12.7 Å². The van der Waals surface area contributed by atoms with Crippen LogP contribution in [0.5, 0.6) is 5.75 Å². The molecule has 180 valence electrons. The second-order valence-electron chi connectivity index (χ2n) is 10.9. The first-order chi connectivity index (χ1) is 16.9. The number of aromatic carboxylic acids is 1. The molecular formula is C30H30O5. The number of rotatable bonds is 6. The predicted octanol–water partition coefficient (Wildman–Crippen LogP) is 6.22. The summed E-state index contributed by atoms with van der Waals surface area (Å²) in [5.74, 6) is 1.89. The Kier molecular flexibility index (Phi) is 5.32. The van der Waals surface area contributed by atoms with Gasteiger partial charge in [-0.25, -0.2) is 9.59 Å². The Bertz CT molecular complexity index is 1290. The van der Waals surface area contributed by atoms with E-state index in [1.807, 2.05) is 18.2 Å². The van der Waals surface area contributed by atoms with Gasteiger partial charge in [0.25, 0.3) is 0 Å². The molecule has 5 nitrogen and oxygen atoms in total. The van der Waals surface area contributed by atoms with Crippen LogP contribution in [0.2, 0.25) is 0 Å². The van der Waals surface area contributed by atoms with Crippen LogP contribution in [0.3, 0.4) is 0 Å². The molecule has 0 atom stereocenters. The number of esters is 1. The molecule has 3 aromatic carbocycles. The van der Waals surface area contributed by atoms with E-state index in [0.717, 1.165) is 45.4 Å². The topological polar surface area (TPSA) is 72.8 Å². The molecule has 0 aliphatic heterocycles. The molecule has 0 aromatic heterocycles. The molecule has 4 aliphatic rings. The fraction of sp³-hybridized carbons (Fsp3) is 0.400. The maximum atomic E-state index is 11.8. The normalized spacial score (nSPS) is 26.6. The van der Waals surface area contributed by atoms with E-state index >= 15 is 0 Å². The van der Waals surface area contributed by atoms with Gasteiger partial charge in [-0.05, 0) is 114 Å². The summed E-state index contributed by atoms with van der Waals surface area (Å²) in [6.07, 6.45) is 7.69. The average molecular weight is 471 g/mol. The summed E-state index contributed by atoms with van der Waals surface area (Å²) in [5.41, 5.74) is 3.85. The standard InChI is InChI=1S/C30H30O5/c1-34-28(31)17-35-27-7-6-24(22-2-3-23-12-25(29(32)33)5-4-21(23)11-22)13-26(27)30-14-18-8-19(15-30)10-20(9-18)16-30/h2-7,11-13,18-20H,8-10,14-17H2,1H3,(H,32,33). The number of carbonyl (C=O) groups excluding carboxylic acids is 1. The molecule has 7 rings (SSSR count). The quantitative estimate of drug-likeness (QED) is 0.433. The smallest absolute Gasteiger partial charge is 0.343 e. The monoisotopic (exact) mass is 470 g/mol. The fourth-order valence-corrected chi connectivity index (χ4v) is 7.44. The molecule has 35 heavy (non-hydrogen) atoms. The minimum atomic E-state index is -0.918. The van der Waals surface area contributed by atoms with Crippen molar-refractivity contribution in [3.05, 3.63) is 65.7 Å². The molecule has 0 saturated heterocycles. The van der Waals surface area contributed by atoms with E-state index in [0.29, 0.717) is 5.56 Å². The van der Waals surface area contributed by atoms with Crippen molar-refractivity contribution in [2.75, 3.05) is 13.7 Å². The highest BCUT2D eigenvalue weighted by Crippen LogP contribution is 2.62. The first kappa shape index (κ1) is 22.1. The molecule has 3 aromatic rings. The minimum Gasteiger partial charge on any atom is -0.482 e. The van der Waals surface area contributed by atoms with Gasteiger partial charge in [-0.1, -0.05) is 24.3 Å². The lowest BCUT2D eigenvalue weighted by Gasteiger charge is -2.57. The van der Waals surface area contributed by atoms with Gasteiger partial charge >= 0.3 is 11.9 Å². The van der Waals surface area contributed by atoms with E-state index in [9.17, 15) is 14.7 Å². The Morgan fingerprint density at radius 3 is 2.11 bits per heavy atom. The zero-order valence-corrected chi connectivity index (χ0v) is 20.0. The summed E-state index contributed by atoms with van der Waals surface area (Å²) >= 11 is 0. The van der Waals surface area contributed by atoms with Gasteiger partial charge in [-0.2, -0.15) is 0 Å². The van der Waals surface area contributed by atoms with Gasteiger partial charge in [-0.3, -0.25) is 0 Å². The maximum absolute atomic E-state index is 11.8. The van der Waals surface area contributed by atoms with Crippen LogP contribution in [0.1, 0.15) is 54.4 Å². The van der Waals surface area contributed by atoms with Crippen LogP contribution >= 0.6 is 0 Å². The number of carboxylic acids is 1. The molecular weight excluding hydrogens is 440 g/mol. The Labute approximate surface area is 205 Å². The molecule has 0 amide bonds. The van der Waals surface area contributed by atoms with Crippen molar-refractivity contribution in [3.8, 4) is 16.9 Å². The lowest BCUT2D eigenvalue weighted by atomic mass is 9.48. The molecule has 0 heterocycles. The lowest BCUT2D eigenvalue weighted by Crippen LogP contribution is -2.48. The Morgan fingerprint density at radius 2 is 1.46 bits per heavy atom. The number of fused-ring (bicyclic) bond motifs is 1. The van der Waals surface area contributed by atoms with E-state index in [4.69, 9.17) is 9.47 Å². The second-order valence-corrected chi connectivity index (χ2v) is 10.9. The Morgan fingerprint density at radius 1 is 0.857 bits per heavy atom. The van der Waals surface area contributed by atoms with Gasteiger partial charge in [0.1, 0.15) is 5.75 Å². The molecule has 0 radical (unpaired) electrons. The van der Waals surface area contributed by atoms with Gasteiger partial charge in [0.2, 0.25) is 0 Å². The number of carboxylic acid groups (broad SMARTS) is 1. The van der Waals surface area contributed by atoms with Crippen LogP contribution < -0.4 is 4.74 Å². The number of methoxy groups -OCH3 is 1. The zero-order valence-electron chi connectivity index (χ0n) is 20.0. The molecule has 4 aliphatic carbocycles. The zero-order chi connectivity index (χ0) is 24.2. The summed E-state index contributed by atoms with van der Waals surface area (Å²) in [6, 6.07) is 17.8. The Hall–Kier alpha value is -3.34. The molecule has 4 saturated carbocycles. The number of benzene rings is 3. The van der Waals surface area contributed by atoms with E-state index in [1.165, 1.54) is 51.2 Å². The summed E-state index contributed by atoms with van der Waals surface area (Å²) in [6.45, 7) is -0.0862. The van der Waals surface area contributed by atoms with Crippen molar-refractivity contribution in [1.29, 1.82) is 0 Å². The van der Waals surface area contributed by atoms with Crippen molar-refractivity contribution >= 4 is 22.7 Å². The molecule has 5 heteroatoms. The largest absolute Gasteiger partial charge is 0.482 e. The highest BCUT2D eigenvalue weighted by molar-refractivity contribution is 5.95. The van der Waals surface area contributed by atoms with Gasteiger partial charge < -0.3 is 14.6 Å². The molecule has 4 fully saturated rings. The van der Waals surface area contributed by atoms with E-state index in [2.05, 4.69) is 24.3 Å². The van der Waals surface area contributed by atoms with Crippen LogP contribution in [0.4, 0.5) is 0 Å². The molecule has 1 N–H and O–H groups in total.